The molecule has 3 heterocycles. The highest BCUT2D eigenvalue weighted by Gasteiger charge is 2.26. The number of benzene rings is 1. The van der Waals surface area contributed by atoms with E-state index in [1.807, 2.05) is 24.0 Å². The van der Waals surface area contributed by atoms with Gasteiger partial charge in [-0.15, -0.1) is 0 Å². The fourth-order valence-corrected chi connectivity index (χ4v) is 5.11. The Morgan fingerprint density at radius 1 is 1.03 bits per heavy atom. The van der Waals surface area contributed by atoms with Crippen molar-refractivity contribution in [1.82, 2.24) is 15.5 Å². The van der Waals surface area contributed by atoms with Gasteiger partial charge in [-0.3, -0.25) is 19.8 Å². The van der Waals surface area contributed by atoms with Crippen molar-refractivity contribution in [1.29, 1.82) is 0 Å². The van der Waals surface area contributed by atoms with Gasteiger partial charge in [0.25, 0.3) is 5.91 Å². The molecule has 3 fully saturated rings. The maximum atomic E-state index is 12.7. The zero-order chi connectivity index (χ0) is 23.2. The summed E-state index contributed by atoms with van der Waals surface area (Å²) in [6, 6.07) is 5.02. The average Bonchev–Trinajstić information content (AvgIpc) is 2.83. The highest BCUT2D eigenvalue weighted by molar-refractivity contribution is 6.06. The maximum absolute atomic E-state index is 12.7. The molecular weight excluding hydrogens is 420 g/mol. The molecule has 0 aliphatic carbocycles. The topological polar surface area (TPSA) is 91.0 Å². The Bertz CT molecular complexity index is 860. The molecule has 3 aliphatic heterocycles. The van der Waals surface area contributed by atoms with Crippen molar-refractivity contribution in [3.05, 3.63) is 23.8 Å². The molecule has 1 aromatic carbocycles. The monoisotopic (exact) mass is 456 g/mol. The first kappa shape index (κ1) is 23.5. The third kappa shape index (κ3) is 6.25. The van der Waals surface area contributed by atoms with Gasteiger partial charge >= 0.3 is 6.03 Å². The number of anilines is 1. The van der Waals surface area contributed by atoms with E-state index in [9.17, 15) is 14.4 Å². The number of aryl methyl sites for hydroxylation is 1. The largest absolute Gasteiger partial charge is 0.484 e. The Balaban J connectivity index is 1.23. The fourth-order valence-electron chi connectivity index (χ4n) is 5.11. The lowest BCUT2D eigenvalue weighted by Gasteiger charge is -2.33. The molecule has 4 rings (SSSR count). The predicted octanol–water partition coefficient (Wildman–Crippen LogP) is 2.84. The molecule has 4 amide bonds. The number of likely N-dealkylation sites (tertiary alicyclic amines) is 1. The van der Waals surface area contributed by atoms with Crippen molar-refractivity contribution in [3.63, 3.8) is 0 Å². The summed E-state index contributed by atoms with van der Waals surface area (Å²) in [6.45, 7) is 6.16. The van der Waals surface area contributed by atoms with Gasteiger partial charge in [-0.05, 0) is 69.2 Å². The lowest BCUT2D eigenvalue weighted by Crippen LogP contribution is -2.49. The van der Waals surface area contributed by atoms with Gasteiger partial charge in [-0.2, -0.15) is 0 Å². The second-order valence-corrected chi connectivity index (χ2v) is 9.59. The third-order valence-electron chi connectivity index (χ3n) is 7.30. The number of nitrogens with zero attached hydrogens (tertiary/aromatic N) is 2. The van der Waals surface area contributed by atoms with Crippen LogP contribution in [0.1, 0.15) is 50.5 Å². The molecule has 180 valence electrons. The number of imide groups is 1. The quantitative estimate of drug-likeness (QED) is 0.658. The zero-order valence-corrected chi connectivity index (χ0v) is 19.6. The van der Waals surface area contributed by atoms with Gasteiger partial charge in [0.1, 0.15) is 5.75 Å². The van der Waals surface area contributed by atoms with Crippen molar-refractivity contribution in [2.45, 2.75) is 51.9 Å². The first-order valence-electron chi connectivity index (χ1n) is 12.3. The summed E-state index contributed by atoms with van der Waals surface area (Å²) < 4.78 is 5.80. The summed E-state index contributed by atoms with van der Waals surface area (Å²) in [4.78, 5) is 39.8. The first-order valence-corrected chi connectivity index (χ1v) is 12.3. The van der Waals surface area contributed by atoms with E-state index in [0.717, 1.165) is 56.4 Å². The number of carbonyl (C=O) groups excluding carboxylic acids is 3. The summed E-state index contributed by atoms with van der Waals surface area (Å²) in [5.74, 6) is 1.89. The molecule has 0 saturated carbocycles. The van der Waals surface area contributed by atoms with E-state index in [4.69, 9.17) is 4.74 Å². The number of rotatable bonds is 7. The smallest absolute Gasteiger partial charge is 0.328 e. The van der Waals surface area contributed by atoms with Gasteiger partial charge < -0.3 is 15.0 Å². The summed E-state index contributed by atoms with van der Waals surface area (Å²) in [5, 5.41) is 5.77. The SMILES string of the molecule is Cc1ccc(OCC(=O)N2CCC(CCC3CCNCC3)CC2)cc1N1CCC(=O)NC1=O. The van der Waals surface area contributed by atoms with Gasteiger partial charge in [0.15, 0.2) is 6.61 Å². The van der Waals surface area contributed by atoms with Crippen LogP contribution in [-0.2, 0) is 9.59 Å². The standard InChI is InChI=1S/C25H36N4O4/c1-18-2-5-21(16-22(18)29-15-10-23(30)27-25(29)32)33-17-24(31)28-13-8-20(9-14-28)4-3-19-6-11-26-12-7-19/h2,5,16,19-20,26H,3-4,6-15,17H2,1H3,(H,27,30,32). The van der Waals surface area contributed by atoms with Crippen LogP contribution in [0.25, 0.3) is 0 Å². The lowest BCUT2D eigenvalue weighted by atomic mass is 9.85. The van der Waals surface area contributed by atoms with Gasteiger partial charge in [-0.25, -0.2) is 4.79 Å². The molecular formula is C25H36N4O4. The molecule has 0 atom stereocenters. The molecule has 0 radical (unpaired) electrons. The van der Waals surface area contributed by atoms with E-state index < -0.39 is 6.03 Å². The molecule has 1 aromatic rings. The van der Waals surface area contributed by atoms with Crippen molar-refractivity contribution < 1.29 is 19.1 Å². The summed E-state index contributed by atoms with van der Waals surface area (Å²) in [7, 11) is 0. The van der Waals surface area contributed by atoms with Crippen LogP contribution in [0.5, 0.6) is 5.75 Å². The van der Waals surface area contributed by atoms with Crippen molar-refractivity contribution in [2.24, 2.45) is 11.8 Å². The molecule has 3 saturated heterocycles. The van der Waals surface area contributed by atoms with Crippen molar-refractivity contribution >= 4 is 23.5 Å². The molecule has 2 N–H and O–H groups in total. The molecule has 8 heteroatoms. The van der Waals surface area contributed by atoms with Crippen LogP contribution in [-0.4, -0.2) is 62.1 Å². The second-order valence-electron chi connectivity index (χ2n) is 9.59. The van der Waals surface area contributed by atoms with Crippen LogP contribution in [0.4, 0.5) is 10.5 Å². The van der Waals surface area contributed by atoms with Crippen molar-refractivity contribution in [3.8, 4) is 5.75 Å². The van der Waals surface area contributed by atoms with E-state index in [-0.39, 0.29) is 24.8 Å². The number of ether oxygens (including phenoxy) is 1. The summed E-state index contributed by atoms with van der Waals surface area (Å²) in [6.07, 6.45) is 7.63. The van der Waals surface area contributed by atoms with Crippen LogP contribution in [0.2, 0.25) is 0 Å². The molecule has 33 heavy (non-hydrogen) atoms. The van der Waals surface area contributed by atoms with Crippen LogP contribution < -0.4 is 20.3 Å². The highest BCUT2D eigenvalue weighted by atomic mass is 16.5. The maximum Gasteiger partial charge on any atom is 0.328 e. The Kier molecular flexibility index (Phi) is 7.85. The van der Waals surface area contributed by atoms with Crippen LogP contribution in [0.15, 0.2) is 18.2 Å². The Morgan fingerprint density at radius 2 is 1.73 bits per heavy atom. The third-order valence-corrected chi connectivity index (χ3v) is 7.30. The van der Waals surface area contributed by atoms with Crippen LogP contribution in [0.3, 0.4) is 0 Å². The van der Waals surface area contributed by atoms with Gasteiger partial charge in [-0.1, -0.05) is 18.9 Å². The zero-order valence-electron chi connectivity index (χ0n) is 19.6. The lowest BCUT2D eigenvalue weighted by molar-refractivity contribution is -0.134. The molecule has 0 bridgehead atoms. The minimum Gasteiger partial charge on any atom is -0.484 e. The summed E-state index contributed by atoms with van der Waals surface area (Å²) >= 11 is 0. The van der Waals surface area contributed by atoms with Gasteiger partial charge in [0, 0.05) is 32.1 Å². The molecule has 0 spiro atoms. The highest BCUT2D eigenvalue weighted by Crippen LogP contribution is 2.29. The molecule has 0 unspecified atom stereocenters. The van der Waals surface area contributed by atoms with Crippen LogP contribution >= 0.6 is 0 Å². The fraction of sp³-hybridized carbons (Fsp3) is 0.640. The number of urea groups is 1. The average molecular weight is 457 g/mol. The van der Waals surface area contributed by atoms with E-state index >= 15 is 0 Å². The number of amides is 4. The number of piperidine rings is 2. The predicted molar refractivity (Wildman–Crippen MR) is 126 cm³/mol. The molecule has 3 aliphatic rings. The Morgan fingerprint density at radius 3 is 2.42 bits per heavy atom. The molecule has 8 nitrogen and oxygen atoms in total. The Hall–Kier alpha value is -2.61. The van der Waals surface area contributed by atoms with Gasteiger partial charge in [0.2, 0.25) is 5.91 Å². The Labute approximate surface area is 196 Å². The minimum absolute atomic E-state index is 0.00702. The number of carbonyl (C=O) groups is 3. The second kappa shape index (κ2) is 11.0. The summed E-state index contributed by atoms with van der Waals surface area (Å²) in [5.41, 5.74) is 1.60. The van der Waals surface area contributed by atoms with Gasteiger partial charge in [0.05, 0.1) is 5.69 Å². The molecule has 0 aromatic heterocycles. The number of nitrogens with one attached hydrogen (secondary N) is 2. The van der Waals surface area contributed by atoms with E-state index in [1.54, 1.807) is 11.0 Å². The van der Waals surface area contributed by atoms with Crippen molar-refractivity contribution in [2.75, 3.05) is 44.2 Å². The number of hydrogen-bond donors (Lipinski definition) is 2. The number of hydrogen-bond acceptors (Lipinski definition) is 5. The van der Waals surface area contributed by atoms with Crippen LogP contribution in [0, 0.1) is 18.8 Å². The van der Waals surface area contributed by atoms with E-state index in [1.165, 1.54) is 25.7 Å². The van der Waals surface area contributed by atoms with E-state index in [0.29, 0.717) is 18.0 Å². The first-order chi connectivity index (χ1) is 16.0. The minimum atomic E-state index is -0.425. The van der Waals surface area contributed by atoms with E-state index in [2.05, 4.69) is 10.6 Å². The normalized spacial score (nSPS) is 20.6.